The number of ether oxygens (including phenoxy) is 1. The van der Waals surface area contributed by atoms with Crippen molar-refractivity contribution in [2.45, 2.75) is 84.7 Å². The fourth-order valence-corrected chi connectivity index (χ4v) is 1.67. The molecule has 20 heavy (non-hydrogen) atoms. The number of unbranched alkanes of at least 4 members (excludes halogenated alkanes) is 6. The first-order chi connectivity index (χ1) is 9.35. The third-order valence-electron chi connectivity index (χ3n) is 2.63. The van der Waals surface area contributed by atoms with E-state index in [1.165, 1.54) is 25.7 Å². The summed E-state index contributed by atoms with van der Waals surface area (Å²) in [5.74, 6) is -0.426. The summed E-state index contributed by atoms with van der Waals surface area (Å²) in [6.45, 7) is 7.42. The Bertz CT molecular complexity index is 284. The molecule has 0 spiro atoms. The number of hydrogen-bond donors (Lipinski definition) is 1. The van der Waals surface area contributed by atoms with Crippen LogP contribution >= 0.6 is 0 Å². The van der Waals surface area contributed by atoms with Gasteiger partial charge in [-0.2, -0.15) is 0 Å². The molecule has 0 aliphatic heterocycles. The Kier molecular flexibility index (Phi) is 9.86. The lowest BCUT2D eigenvalue weighted by atomic mass is 10.1. The summed E-state index contributed by atoms with van der Waals surface area (Å²) in [5, 5.41) is 0. The zero-order chi connectivity index (χ0) is 15.4. The molecule has 0 aliphatic carbocycles. The Labute approximate surface area is 122 Å². The van der Waals surface area contributed by atoms with Crippen molar-refractivity contribution in [2.75, 3.05) is 0 Å². The van der Waals surface area contributed by atoms with Gasteiger partial charge in [-0.25, -0.2) is 9.59 Å². The number of carbonyl (C=O) groups excluding carboxylic acids is 2. The van der Waals surface area contributed by atoms with Gasteiger partial charge >= 0.3 is 12.1 Å². The lowest BCUT2D eigenvalue weighted by molar-refractivity contribution is -0.150. The molecule has 0 saturated heterocycles. The largest absolute Gasteiger partial charge is 0.442 e. The monoisotopic (exact) mass is 287 g/mol. The van der Waals surface area contributed by atoms with E-state index < -0.39 is 17.7 Å². The first-order valence-electron chi connectivity index (χ1n) is 7.54. The van der Waals surface area contributed by atoms with Crippen LogP contribution < -0.4 is 5.48 Å². The molecule has 5 nitrogen and oxygen atoms in total. The van der Waals surface area contributed by atoms with Gasteiger partial charge in [-0.3, -0.25) is 0 Å². The van der Waals surface area contributed by atoms with Crippen LogP contribution in [0.15, 0.2) is 0 Å². The minimum Gasteiger partial charge on any atom is -0.442 e. The molecule has 0 aromatic heterocycles. The van der Waals surface area contributed by atoms with E-state index in [9.17, 15) is 9.59 Å². The van der Waals surface area contributed by atoms with Gasteiger partial charge in [0.25, 0.3) is 0 Å². The summed E-state index contributed by atoms with van der Waals surface area (Å²) >= 11 is 0. The molecule has 118 valence electrons. The van der Waals surface area contributed by atoms with Crippen molar-refractivity contribution in [3.8, 4) is 0 Å². The van der Waals surface area contributed by atoms with E-state index in [1.807, 2.05) is 5.48 Å². The van der Waals surface area contributed by atoms with Crippen molar-refractivity contribution in [3.63, 3.8) is 0 Å². The molecule has 0 rings (SSSR count). The highest BCUT2D eigenvalue weighted by molar-refractivity contribution is 5.73. The number of carbonyl (C=O) groups is 2. The summed E-state index contributed by atoms with van der Waals surface area (Å²) < 4.78 is 4.94. The van der Waals surface area contributed by atoms with Crippen molar-refractivity contribution in [3.05, 3.63) is 0 Å². The number of hydrogen-bond acceptors (Lipinski definition) is 4. The minimum atomic E-state index is -0.745. The average molecular weight is 287 g/mol. The van der Waals surface area contributed by atoms with Crippen LogP contribution in [0.4, 0.5) is 4.79 Å². The molecule has 0 unspecified atom stereocenters. The molecule has 0 fully saturated rings. The maximum Gasteiger partial charge on any atom is 0.441 e. The van der Waals surface area contributed by atoms with Crippen molar-refractivity contribution in [2.24, 2.45) is 0 Å². The molecule has 0 radical (unpaired) electrons. The SMILES string of the molecule is CCCCCCCCCC(=O)ONC(=O)OC(C)(C)C. The molecule has 0 aromatic rings. The molecular weight excluding hydrogens is 258 g/mol. The normalized spacial score (nSPS) is 11.0. The van der Waals surface area contributed by atoms with E-state index >= 15 is 0 Å². The van der Waals surface area contributed by atoms with Crippen molar-refractivity contribution >= 4 is 12.1 Å². The van der Waals surface area contributed by atoms with Crippen molar-refractivity contribution in [1.29, 1.82) is 0 Å². The van der Waals surface area contributed by atoms with Gasteiger partial charge in [0.2, 0.25) is 0 Å². The second-order valence-electron chi connectivity index (χ2n) is 5.95. The summed E-state index contributed by atoms with van der Waals surface area (Å²) in [6.07, 6.45) is 7.54. The first kappa shape index (κ1) is 18.7. The van der Waals surface area contributed by atoms with Gasteiger partial charge in [0.05, 0.1) is 0 Å². The Morgan fingerprint density at radius 1 is 0.950 bits per heavy atom. The maximum atomic E-state index is 11.4. The van der Waals surface area contributed by atoms with E-state index in [1.54, 1.807) is 20.8 Å². The zero-order valence-electron chi connectivity index (χ0n) is 13.3. The number of nitrogens with one attached hydrogen (secondary N) is 1. The van der Waals surface area contributed by atoms with Crippen LogP contribution in [0.5, 0.6) is 0 Å². The lowest BCUT2D eigenvalue weighted by Gasteiger charge is -2.19. The Morgan fingerprint density at radius 3 is 2.05 bits per heavy atom. The summed E-state index contributed by atoms with van der Waals surface area (Å²) in [5.41, 5.74) is 1.39. The molecule has 0 atom stereocenters. The quantitative estimate of drug-likeness (QED) is 0.539. The molecular formula is C15H29NO4. The van der Waals surface area contributed by atoms with Crippen LogP contribution in [0.25, 0.3) is 0 Å². The van der Waals surface area contributed by atoms with E-state index in [2.05, 4.69) is 11.8 Å². The smallest absolute Gasteiger partial charge is 0.441 e. The molecule has 5 heteroatoms. The highest BCUT2D eigenvalue weighted by Crippen LogP contribution is 2.09. The van der Waals surface area contributed by atoms with Gasteiger partial charge in [0.15, 0.2) is 0 Å². The predicted molar refractivity (Wildman–Crippen MR) is 78.1 cm³/mol. The number of hydroxylamine groups is 1. The standard InChI is InChI=1S/C15H29NO4/c1-5-6-7-8-9-10-11-12-13(17)20-16-14(18)19-15(2,3)4/h5-12H2,1-4H3,(H,16,18). The second-order valence-corrected chi connectivity index (χ2v) is 5.95. The molecule has 0 aromatic carbocycles. The molecule has 0 bridgehead atoms. The topological polar surface area (TPSA) is 64.6 Å². The highest BCUT2D eigenvalue weighted by atomic mass is 16.7. The summed E-state index contributed by atoms with van der Waals surface area (Å²) in [4.78, 5) is 27.2. The van der Waals surface area contributed by atoms with Crippen LogP contribution in [-0.4, -0.2) is 17.7 Å². The number of rotatable bonds is 8. The van der Waals surface area contributed by atoms with E-state index in [4.69, 9.17) is 4.74 Å². The van der Waals surface area contributed by atoms with E-state index in [-0.39, 0.29) is 0 Å². The van der Waals surface area contributed by atoms with Gasteiger partial charge in [-0.15, -0.1) is 5.48 Å². The van der Waals surface area contributed by atoms with E-state index in [0.717, 1.165) is 19.3 Å². The lowest BCUT2D eigenvalue weighted by Crippen LogP contribution is -2.34. The van der Waals surface area contributed by atoms with Gasteiger partial charge in [-0.05, 0) is 27.2 Å². The zero-order valence-corrected chi connectivity index (χ0v) is 13.3. The van der Waals surface area contributed by atoms with Gasteiger partial charge < -0.3 is 9.57 Å². The third kappa shape index (κ3) is 13.2. The molecule has 1 N–H and O–H groups in total. The van der Waals surface area contributed by atoms with Crippen LogP contribution in [0.2, 0.25) is 0 Å². The van der Waals surface area contributed by atoms with Gasteiger partial charge in [0.1, 0.15) is 5.60 Å². The van der Waals surface area contributed by atoms with Crippen molar-refractivity contribution < 1.29 is 19.2 Å². The Balaban J connectivity index is 3.48. The Hall–Kier alpha value is -1.26. The number of amides is 1. The van der Waals surface area contributed by atoms with Gasteiger partial charge in [0, 0.05) is 6.42 Å². The molecule has 0 heterocycles. The second kappa shape index (κ2) is 10.5. The van der Waals surface area contributed by atoms with Gasteiger partial charge in [-0.1, -0.05) is 45.4 Å². The predicted octanol–water partition coefficient (Wildman–Crippen LogP) is 4.11. The molecule has 1 amide bonds. The fraction of sp³-hybridized carbons (Fsp3) is 0.867. The Morgan fingerprint density at radius 2 is 1.50 bits per heavy atom. The third-order valence-corrected chi connectivity index (χ3v) is 2.63. The van der Waals surface area contributed by atoms with E-state index in [0.29, 0.717) is 6.42 Å². The summed E-state index contributed by atoms with van der Waals surface area (Å²) in [6, 6.07) is 0. The molecule has 0 saturated carbocycles. The molecule has 0 aliphatic rings. The highest BCUT2D eigenvalue weighted by Gasteiger charge is 2.17. The fourth-order valence-electron chi connectivity index (χ4n) is 1.67. The maximum absolute atomic E-state index is 11.4. The summed E-state index contributed by atoms with van der Waals surface area (Å²) in [7, 11) is 0. The van der Waals surface area contributed by atoms with Crippen molar-refractivity contribution in [1.82, 2.24) is 5.48 Å². The van der Waals surface area contributed by atoms with Crippen LogP contribution in [0, 0.1) is 0 Å². The first-order valence-corrected chi connectivity index (χ1v) is 7.54. The van der Waals surface area contributed by atoms with Crippen LogP contribution in [0.1, 0.15) is 79.1 Å². The average Bonchev–Trinajstić information content (AvgIpc) is 2.33. The van der Waals surface area contributed by atoms with Crippen LogP contribution in [0.3, 0.4) is 0 Å². The van der Waals surface area contributed by atoms with Crippen LogP contribution in [-0.2, 0) is 14.4 Å². The minimum absolute atomic E-state index is 0.323.